The van der Waals surface area contributed by atoms with Crippen LogP contribution in [-0.4, -0.2) is 137 Å². The molecule has 0 unspecified atom stereocenters. The Hall–Kier alpha value is -13.2. The molecule has 0 radical (unpaired) electrons. The Morgan fingerprint density at radius 3 is 0.810 bits per heavy atom. The molecule has 33 heteroatoms. The fourth-order valence-corrected chi connectivity index (χ4v) is 14.0. The molecule has 0 saturated carbocycles. The number of nitrogens with one attached hydrogen (secondary N) is 9. The predicted molar refractivity (Wildman–Crippen MR) is 474 cm³/mol. The second kappa shape index (κ2) is 42.4. The van der Waals surface area contributed by atoms with Crippen LogP contribution in [0.2, 0.25) is 0 Å². The molecule has 126 heavy (non-hydrogen) atoms. The maximum Gasteiger partial charge on any atom is 0.294 e. The first-order chi connectivity index (χ1) is 58.2. The van der Waals surface area contributed by atoms with E-state index in [0.29, 0.717) is 95.6 Å². The Labute approximate surface area is 731 Å². The van der Waals surface area contributed by atoms with E-state index in [1.807, 2.05) is 48.5 Å². The summed E-state index contributed by atoms with van der Waals surface area (Å²) in [6.45, 7) is 41.2. The van der Waals surface area contributed by atoms with Gasteiger partial charge >= 0.3 is 0 Å². The molecule has 0 aliphatic rings. The van der Waals surface area contributed by atoms with Crippen LogP contribution in [0.5, 0.6) is 0 Å². The van der Waals surface area contributed by atoms with E-state index in [1.54, 1.807) is 150 Å². The van der Waals surface area contributed by atoms with Crippen molar-refractivity contribution in [2.24, 2.45) is 56.6 Å². The molecule has 10 amide bonds. The van der Waals surface area contributed by atoms with E-state index in [-0.39, 0.29) is 98.2 Å². The Bertz CT molecular complexity index is 5670. The van der Waals surface area contributed by atoms with Crippen molar-refractivity contribution in [3.05, 3.63) is 208 Å². The van der Waals surface area contributed by atoms with Crippen molar-refractivity contribution in [1.82, 2.24) is 44.9 Å². The third-order valence-electron chi connectivity index (χ3n) is 22.2. The van der Waals surface area contributed by atoms with Gasteiger partial charge in [0, 0.05) is 93.2 Å². The van der Waals surface area contributed by atoms with Crippen molar-refractivity contribution in [2.45, 2.75) is 197 Å². The van der Waals surface area contributed by atoms with Crippen LogP contribution in [0, 0.1) is 129 Å². The molecule has 0 bridgehead atoms. The topological polar surface area (TPSA) is 410 Å². The Morgan fingerprint density at radius 1 is 0.365 bits per heavy atom. The molecule has 0 saturated heterocycles. The third-order valence-corrected chi connectivity index (χ3v) is 22.2. The predicted octanol–water partition coefficient (Wildman–Crippen LogP) is 12.7. The lowest BCUT2D eigenvalue weighted by Crippen LogP contribution is -2.51. The smallest absolute Gasteiger partial charge is 0.294 e. The number of aryl methyl sites for hydroxylation is 4. The maximum atomic E-state index is 13.5. The summed E-state index contributed by atoms with van der Waals surface area (Å²) in [4.78, 5) is 190. The molecule has 0 aliphatic carbocycles. The van der Waals surface area contributed by atoms with Crippen LogP contribution < -0.4 is 53.6 Å². The summed E-state index contributed by atoms with van der Waals surface area (Å²) in [5, 5.41) is 23.5. The SMILES string of the molecule is CCC(=O)[C@H](NC(=O)C(=O)c1c(C)c(C(=O)Nc2ccc(F)c(C)c2)c(C)n1C)C(C)(C)C.CNC(=O)[C@H](NC(=O)C(=O)c1c(C)c(C(=O)Nc2ccc(F)c(C)c2)c(C)n1C)C(C)C.Cc1cc(NC(=O)c2c(C)c(C(=O)C(=O)N[C@@H](C(N)=O)C(C)C)n(C)c2C)ccc1F.Cc1cc(NC(=O)c2c(C)c(C(=O)C(=O)N[C@H](C)C(C)(C)C)n(C)c2C)ccc1F. The Balaban J connectivity index is 0.000000298. The summed E-state index contributed by atoms with van der Waals surface area (Å²) in [6, 6.07) is 14.0. The van der Waals surface area contributed by atoms with E-state index < -0.39 is 106 Å². The van der Waals surface area contributed by atoms with Crippen LogP contribution in [0.3, 0.4) is 0 Å². The zero-order valence-corrected chi connectivity index (χ0v) is 77.1. The number of ketones is 5. The van der Waals surface area contributed by atoms with Gasteiger partial charge in [0.1, 0.15) is 35.4 Å². The summed E-state index contributed by atoms with van der Waals surface area (Å²) in [6.07, 6.45) is 0.228. The quantitative estimate of drug-likeness (QED) is 0.0137. The van der Waals surface area contributed by atoms with E-state index >= 15 is 0 Å². The second-order valence-corrected chi connectivity index (χ2v) is 34.0. The molecule has 678 valence electrons. The number of aromatic nitrogens is 4. The van der Waals surface area contributed by atoms with E-state index in [9.17, 15) is 89.5 Å². The van der Waals surface area contributed by atoms with Gasteiger partial charge in [-0.15, -0.1) is 0 Å². The van der Waals surface area contributed by atoms with Crippen molar-refractivity contribution in [1.29, 1.82) is 0 Å². The number of halogens is 4. The molecule has 4 heterocycles. The summed E-state index contributed by atoms with van der Waals surface area (Å²) in [5.74, 6) is -12.0. The number of rotatable bonds is 26. The number of carbonyl (C=O) groups excluding carboxylic acids is 15. The van der Waals surface area contributed by atoms with Crippen LogP contribution in [-0.2, 0) is 61.8 Å². The molecule has 29 nitrogen and oxygen atoms in total. The van der Waals surface area contributed by atoms with E-state index in [0.717, 1.165) is 0 Å². The van der Waals surface area contributed by atoms with Crippen LogP contribution in [0.15, 0.2) is 72.8 Å². The fourth-order valence-electron chi connectivity index (χ4n) is 14.0. The number of nitrogens with zero attached hydrogens (tertiary/aromatic N) is 4. The number of amides is 10. The van der Waals surface area contributed by atoms with Gasteiger partial charge in [0.05, 0.1) is 51.1 Å². The van der Waals surface area contributed by atoms with Crippen molar-refractivity contribution in [3.63, 3.8) is 0 Å². The van der Waals surface area contributed by atoms with Crippen LogP contribution in [0.1, 0.15) is 240 Å². The monoisotopic (exact) mass is 1750 g/mol. The molecule has 4 aromatic carbocycles. The van der Waals surface area contributed by atoms with Gasteiger partial charge in [0.15, 0.2) is 5.78 Å². The second-order valence-electron chi connectivity index (χ2n) is 34.0. The largest absolute Gasteiger partial charge is 0.368 e. The summed E-state index contributed by atoms with van der Waals surface area (Å²) >= 11 is 0. The number of nitrogens with two attached hydrogens (primary N) is 1. The van der Waals surface area contributed by atoms with Crippen molar-refractivity contribution in [3.8, 4) is 0 Å². The van der Waals surface area contributed by atoms with E-state index in [4.69, 9.17) is 5.73 Å². The minimum atomic E-state index is -0.998. The maximum absolute atomic E-state index is 13.5. The lowest BCUT2D eigenvalue weighted by Gasteiger charge is -2.29. The number of hydrogen-bond acceptors (Lipinski definition) is 15. The van der Waals surface area contributed by atoms with Gasteiger partial charge in [-0.3, -0.25) is 71.9 Å². The standard InChI is InChI=1S/C25H32FN3O4.C23H29FN4O4.C23H30FN3O3.C22H27FN4O4/c1-9-18(30)22(25(5,6)7)28-24(33)21(31)20-14(3)19(15(4)29(20)8)23(32)27-16-10-11-17(26)13(2)12-16;1-11(2)18(22(31)25-6)27-23(32)20(29)19-13(4)17(14(5)28(19)7)21(30)26-15-8-9-16(24)12(3)10-15;1-12-11-16(9-10-17(12)24)26-21(29)18-13(2)19(27(8)14(18)3)20(28)22(30)25-15(4)23(5,6)7;1-10(2)17(20(24)29)26-22(31)19(28)18-12(4)16(13(5)27(18)6)21(30)25-14-7-8-15(23)11(3)9-14/h10-12,22H,9H2,1-8H3,(H,27,32)(H,28,33);8-11,18H,1-7H3,(H,25,31)(H,26,30)(H,27,32);9-11,15H,1-8H3,(H,25,30)(H,26,29);7-10,17H,1-6H3,(H2,24,29)(H,25,30)(H,26,31)/t22-;18-;15-;17-/m0111/s1. The molecule has 0 spiro atoms. The number of likely N-dealkylation sites (N-methyl/N-ethyl adjacent to an activating group) is 1. The minimum absolute atomic E-state index is 0.0300. The van der Waals surface area contributed by atoms with Gasteiger partial charge in [-0.05, 0) is 230 Å². The van der Waals surface area contributed by atoms with Crippen LogP contribution in [0.4, 0.5) is 40.3 Å². The molecular weight excluding hydrogens is 1630 g/mol. The van der Waals surface area contributed by atoms with Crippen molar-refractivity contribution < 1.29 is 89.5 Å². The lowest BCUT2D eigenvalue weighted by molar-refractivity contribution is -0.128. The number of benzene rings is 4. The van der Waals surface area contributed by atoms with Crippen molar-refractivity contribution in [2.75, 3.05) is 28.3 Å². The van der Waals surface area contributed by atoms with E-state index in [2.05, 4.69) is 47.9 Å². The minimum Gasteiger partial charge on any atom is -0.368 e. The van der Waals surface area contributed by atoms with Gasteiger partial charge in [-0.2, -0.15) is 0 Å². The summed E-state index contributed by atoms with van der Waals surface area (Å²) < 4.78 is 60.0. The van der Waals surface area contributed by atoms with Gasteiger partial charge < -0.3 is 71.9 Å². The van der Waals surface area contributed by atoms with Crippen molar-refractivity contribution >= 4 is 111 Å². The third kappa shape index (κ3) is 24.2. The number of Topliss-reactive ketones (excluding diaryl/α,β-unsaturated/α-hetero) is 5. The first kappa shape index (κ1) is 103. The van der Waals surface area contributed by atoms with Gasteiger partial charge in [-0.1, -0.05) is 76.2 Å². The number of hydrogen-bond donors (Lipinski definition) is 10. The normalized spacial score (nSPS) is 12.1. The highest BCUT2D eigenvalue weighted by Crippen LogP contribution is 2.31. The molecule has 4 aromatic heterocycles. The molecule has 11 N–H and O–H groups in total. The highest BCUT2D eigenvalue weighted by atomic mass is 19.1. The molecule has 4 atom stereocenters. The summed E-state index contributed by atoms with van der Waals surface area (Å²) in [5.41, 5.74) is 12.6. The number of primary amides is 1. The van der Waals surface area contributed by atoms with Gasteiger partial charge in [0.25, 0.3) is 70.4 Å². The molecule has 8 aromatic rings. The zero-order chi connectivity index (χ0) is 96.2. The number of anilines is 4. The Kier molecular flexibility index (Phi) is 34.8. The highest BCUT2D eigenvalue weighted by molar-refractivity contribution is 6.45. The summed E-state index contributed by atoms with van der Waals surface area (Å²) in [7, 11) is 7.84. The molecule has 8 rings (SSSR count). The van der Waals surface area contributed by atoms with Crippen LogP contribution in [0.25, 0.3) is 0 Å². The first-order valence-corrected chi connectivity index (χ1v) is 40.6. The van der Waals surface area contributed by atoms with E-state index in [1.165, 1.54) is 93.5 Å². The fraction of sp³-hybridized carbons (Fsp3) is 0.409. The molecule has 0 aliphatic heterocycles. The lowest BCUT2D eigenvalue weighted by atomic mass is 9.83. The number of carbonyl (C=O) groups is 15. The Morgan fingerprint density at radius 2 is 0.603 bits per heavy atom. The first-order valence-electron chi connectivity index (χ1n) is 40.6. The average molecular weight is 1750 g/mol. The molecular formula is C93H118F4N14O15. The molecule has 0 fully saturated rings. The highest BCUT2D eigenvalue weighted by Gasteiger charge is 2.39. The zero-order valence-electron chi connectivity index (χ0n) is 77.1. The van der Waals surface area contributed by atoms with Gasteiger partial charge in [0.2, 0.25) is 11.8 Å². The van der Waals surface area contributed by atoms with Crippen LogP contribution >= 0.6 is 0 Å². The average Bonchev–Trinajstić information content (AvgIpc) is 1.64. The van der Waals surface area contributed by atoms with Gasteiger partial charge in [-0.25, -0.2) is 17.6 Å².